The summed E-state index contributed by atoms with van der Waals surface area (Å²) in [5.41, 5.74) is 0. The average molecular weight is 266 g/mol. The minimum atomic E-state index is -0.658. The Kier molecular flexibility index (Phi) is 3.50. The lowest BCUT2D eigenvalue weighted by atomic mass is 10.2. The monoisotopic (exact) mass is 266 g/mol. The third-order valence-corrected chi connectivity index (χ3v) is 2.78. The van der Waals surface area contributed by atoms with E-state index in [0.717, 1.165) is 4.90 Å². The molecule has 0 aromatic carbocycles. The maximum absolute atomic E-state index is 11.8. The number of likely N-dealkylation sites (tertiary alicyclic amines) is 1. The molecule has 102 valence electrons. The number of carbonyl (C=O) groups excluding carboxylic acids is 2. The summed E-state index contributed by atoms with van der Waals surface area (Å²) in [4.78, 5) is 32.3. The van der Waals surface area contributed by atoms with Crippen molar-refractivity contribution >= 4 is 17.8 Å². The number of ether oxygens (including phenoxy) is 2. The molecule has 1 aliphatic heterocycles. The second kappa shape index (κ2) is 5.09. The molecule has 0 bridgehead atoms. The zero-order valence-corrected chi connectivity index (χ0v) is 10.8. The minimum Gasteiger partial charge on any atom is -0.481 e. The van der Waals surface area contributed by atoms with Crippen LogP contribution < -0.4 is 14.8 Å². The number of nitrogens with zero attached hydrogens (tertiary/aromatic N) is 3. The molecule has 19 heavy (non-hydrogen) atoms. The van der Waals surface area contributed by atoms with Crippen LogP contribution in [0.4, 0.5) is 5.95 Å². The Morgan fingerprint density at radius 1 is 1.26 bits per heavy atom. The summed E-state index contributed by atoms with van der Waals surface area (Å²) in [5, 5.41) is 2.81. The molecular formula is C11H14N4O4. The molecule has 0 spiro atoms. The fourth-order valence-electron chi connectivity index (χ4n) is 1.70. The van der Waals surface area contributed by atoms with E-state index in [-0.39, 0.29) is 24.2 Å². The molecule has 1 aromatic rings. The first-order valence-corrected chi connectivity index (χ1v) is 5.59. The molecule has 2 amide bonds. The summed E-state index contributed by atoms with van der Waals surface area (Å²) < 4.78 is 10.00. The normalized spacial score (nSPS) is 18.7. The average Bonchev–Trinajstić information content (AvgIpc) is 2.65. The summed E-state index contributed by atoms with van der Waals surface area (Å²) in [5.74, 6) is 0.240. The number of rotatable bonds is 4. The van der Waals surface area contributed by atoms with Crippen molar-refractivity contribution in [1.29, 1.82) is 0 Å². The lowest BCUT2D eigenvalue weighted by Crippen LogP contribution is -2.32. The van der Waals surface area contributed by atoms with Gasteiger partial charge < -0.3 is 14.8 Å². The topological polar surface area (TPSA) is 93.7 Å². The SMILES string of the molecule is COc1cc(OC)nc(NC2CC(=O)N(C)C2=O)n1. The zero-order valence-electron chi connectivity index (χ0n) is 10.8. The van der Waals surface area contributed by atoms with Crippen LogP contribution in [0.5, 0.6) is 11.8 Å². The van der Waals surface area contributed by atoms with Gasteiger partial charge in [-0.05, 0) is 0 Å². The molecule has 1 saturated heterocycles. The summed E-state index contributed by atoms with van der Waals surface area (Å²) in [7, 11) is 4.37. The fraction of sp³-hybridized carbons (Fsp3) is 0.455. The molecule has 1 aromatic heterocycles. The van der Waals surface area contributed by atoms with Crippen molar-refractivity contribution in [3.63, 3.8) is 0 Å². The predicted octanol–water partition coefficient (Wildman–Crippen LogP) is -0.337. The number of hydrogen-bond donors (Lipinski definition) is 1. The quantitative estimate of drug-likeness (QED) is 0.745. The first-order chi connectivity index (χ1) is 9.05. The van der Waals surface area contributed by atoms with E-state index in [4.69, 9.17) is 9.47 Å². The number of hydrogen-bond acceptors (Lipinski definition) is 7. The van der Waals surface area contributed by atoms with Crippen molar-refractivity contribution in [2.45, 2.75) is 12.5 Å². The molecule has 1 fully saturated rings. The number of amides is 2. The van der Waals surface area contributed by atoms with Crippen LogP contribution in [0.2, 0.25) is 0 Å². The molecule has 0 aliphatic carbocycles. The Hall–Kier alpha value is -2.38. The maximum atomic E-state index is 11.8. The Morgan fingerprint density at radius 2 is 1.84 bits per heavy atom. The van der Waals surface area contributed by atoms with Crippen LogP contribution in [0.15, 0.2) is 6.07 Å². The number of carbonyl (C=O) groups is 2. The van der Waals surface area contributed by atoms with Gasteiger partial charge in [-0.2, -0.15) is 9.97 Å². The highest BCUT2D eigenvalue weighted by atomic mass is 16.5. The van der Waals surface area contributed by atoms with Crippen LogP contribution in [0.25, 0.3) is 0 Å². The van der Waals surface area contributed by atoms with E-state index in [1.807, 2.05) is 0 Å². The van der Waals surface area contributed by atoms with Gasteiger partial charge in [0.2, 0.25) is 23.6 Å². The Morgan fingerprint density at radius 3 is 2.26 bits per heavy atom. The third kappa shape index (κ3) is 2.56. The highest BCUT2D eigenvalue weighted by Crippen LogP contribution is 2.20. The number of anilines is 1. The van der Waals surface area contributed by atoms with E-state index in [0.29, 0.717) is 11.8 Å². The molecule has 0 radical (unpaired) electrons. The molecule has 2 heterocycles. The van der Waals surface area contributed by atoms with Crippen molar-refractivity contribution in [3.05, 3.63) is 6.07 Å². The third-order valence-electron chi connectivity index (χ3n) is 2.78. The smallest absolute Gasteiger partial charge is 0.252 e. The zero-order chi connectivity index (χ0) is 14.0. The van der Waals surface area contributed by atoms with Crippen LogP contribution in [0.1, 0.15) is 6.42 Å². The van der Waals surface area contributed by atoms with Crippen molar-refractivity contribution in [2.75, 3.05) is 26.6 Å². The van der Waals surface area contributed by atoms with Gasteiger partial charge in [-0.15, -0.1) is 0 Å². The Balaban J connectivity index is 2.19. The Labute approximate surface area is 109 Å². The van der Waals surface area contributed by atoms with Gasteiger partial charge in [-0.25, -0.2) is 0 Å². The van der Waals surface area contributed by atoms with Crippen molar-refractivity contribution in [3.8, 4) is 11.8 Å². The molecule has 1 aliphatic rings. The van der Waals surface area contributed by atoms with Crippen LogP contribution >= 0.6 is 0 Å². The maximum Gasteiger partial charge on any atom is 0.252 e. The van der Waals surface area contributed by atoms with Gasteiger partial charge >= 0.3 is 0 Å². The highest BCUT2D eigenvalue weighted by molar-refractivity contribution is 6.06. The van der Waals surface area contributed by atoms with Gasteiger partial charge in [0.05, 0.1) is 26.7 Å². The molecule has 8 nitrogen and oxygen atoms in total. The molecule has 8 heteroatoms. The number of imide groups is 1. The number of nitrogens with one attached hydrogen (secondary N) is 1. The van der Waals surface area contributed by atoms with Crippen molar-refractivity contribution < 1.29 is 19.1 Å². The molecule has 1 atom stereocenters. The van der Waals surface area contributed by atoms with Crippen LogP contribution in [0, 0.1) is 0 Å². The van der Waals surface area contributed by atoms with Crippen LogP contribution in [-0.4, -0.2) is 54.0 Å². The lowest BCUT2D eigenvalue weighted by molar-refractivity contribution is -0.136. The summed E-state index contributed by atoms with van der Waals surface area (Å²) in [6, 6.07) is 0.855. The van der Waals surface area contributed by atoms with Gasteiger partial charge in [0.1, 0.15) is 6.04 Å². The van der Waals surface area contributed by atoms with Gasteiger partial charge in [0, 0.05) is 7.05 Å². The second-order valence-electron chi connectivity index (χ2n) is 3.97. The summed E-state index contributed by atoms with van der Waals surface area (Å²) in [6.07, 6.45) is 0.0816. The first-order valence-electron chi connectivity index (χ1n) is 5.59. The van der Waals surface area contributed by atoms with Crippen molar-refractivity contribution in [1.82, 2.24) is 14.9 Å². The van der Waals surface area contributed by atoms with Crippen LogP contribution in [-0.2, 0) is 9.59 Å². The Bertz CT molecular complexity index is 497. The van der Waals surface area contributed by atoms with Gasteiger partial charge in [0.15, 0.2) is 0 Å². The summed E-state index contributed by atoms with van der Waals surface area (Å²) >= 11 is 0. The van der Waals surface area contributed by atoms with Gasteiger partial charge in [-0.3, -0.25) is 14.5 Å². The number of aromatic nitrogens is 2. The van der Waals surface area contributed by atoms with Gasteiger partial charge in [0.25, 0.3) is 5.91 Å². The molecule has 0 saturated carbocycles. The van der Waals surface area contributed by atoms with E-state index in [1.54, 1.807) is 0 Å². The van der Waals surface area contributed by atoms with Crippen molar-refractivity contribution in [2.24, 2.45) is 0 Å². The van der Waals surface area contributed by atoms with E-state index in [2.05, 4.69) is 15.3 Å². The molecular weight excluding hydrogens is 252 g/mol. The lowest BCUT2D eigenvalue weighted by Gasteiger charge is -2.12. The standard InChI is InChI=1S/C11H14N4O4/c1-15-9(16)4-6(10(15)17)12-11-13-7(18-2)5-8(14-11)19-3/h5-6H,4H2,1-3H3,(H,12,13,14). The largest absolute Gasteiger partial charge is 0.481 e. The van der Waals surface area contributed by atoms with E-state index in [1.165, 1.54) is 27.3 Å². The molecule has 1 unspecified atom stereocenters. The number of methoxy groups -OCH3 is 2. The number of likely N-dealkylation sites (N-methyl/N-ethyl adjacent to an activating group) is 1. The first kappa shape index (κ1) is 13.1. The second-order valence-corrected chi connectivity index (χ2v) is 3.97. The molecule has 1 N–H and O–H groups in total. The minimum absolute atomic E-state index is 0.0816. The fourth-order valence-corrected chi connectivity index (χ4v) is 1.70. The molecule has 2 rings (SSSR count). The predicted molar refractivity (Wildman–Crippen MR) is 64.9 cm³/mol. The highest BCUT2D eigenvalue weighted by Gasteiger charge is 2.36. The van der Waals surface area contributed by atoms with Crippen LogP contribution in [0.3, 0.4) is 0 Å². The van der Waals surface area contributed by atoms with Gasteiger partial charge in [-0.1, -0.05) is 0 Å². The summed E-state index contributed by atoms with van der Waals surface area (Å²) in [6.45, 7) is 0. The van der Waals surface area contributed by atoms with E-state index in [9.17, 15) is 9.59 Å². The van der Waals surface area contributed by atoms with E-state index >= 15 is 0 Å². The van der Waals surface area contributed by atoms with E-state index < -0.39 is 6.04 Å².